The predicted molar refractivity (Wildman–Crippen MR) is 58.1 cm³/mol. The molecule has 2 N–H and O–H groups in total. The van der Waals surface area contributed by atoms with Gasteiger partial charge in [0, 0.05) is 19.6 Å². The maximum absolute atomic E-state index is 9.97. The molecule has 1 aromatic heterocycles. The van der Waals surface area contributed by atoms with Gasteiger partial charge in [-0.1, -0.05) is 11.6 Å². The van der Waals surface area contributed by atoms with Gasteiger partial charge in [0.05, 0.1) is 18.5 Å². The Balaban J connectivity index is 1.90. The third-order valence-corrected chi connectivity index (χ3v) is 2.66. The van der Waals surface area contributed by atoms with Crippen LogP contribution in [0.15, 0.2) is 18.3 Å². The molecule has 82 valence electrons. The highest BCUT2D eigenvalue weighted by atomic mass is 35.5. The van der Waals surface area contributed by atoms with E-state index < -0.39 is 5.60 Å². The van der Waals surface area contributed by atoms with Crippen molar-refractivity contribution >= 4 is 17.3 Å². The van der Waals surface area contributed by atoms with E-state index in [1.165, 1.54) is 0 Å². The first kappa shape index (κ1) is 10.7. The molecule has 2 rings (SSSR count). The molecule has 4 nitrogen and oxygen atoms in total. The van der Waals surface area contributed by atoms with Crippen LogP contribution < -0.4 is 5.32 Å². The minimum atomic E-state index is -0.750. The Kier molecular flexibility index (Phi) is 3.09. The lowest BCUT2D eigenvalue weighted by Crippen LogP contribution is -2.37. The average molecular weight is 229 g/mol. The van der Waals surface area contributed by atoms with Gasteiger partial charge in [0.25, 0.3) is 0 Å². The molecule has 2 heterocycles. The molecule has 0 aliphatic carbocycles. The van der Waals surface area contributed by atoms with Crippen molar-refractivity contribution in [2.24, 2.45) is 0 Å². The molecule has 1 atom stereocenters. The summed E-state index contributed by atoms with van der Waals surface area (Å²) < 4.78 is 5.14. The molecule has 0 radical (unpaired) electrons. The molecule has 15 heavy (non-hydrogen) atoms. The predicted octanol–water partition coefficient (Wildman–Crippen LogP) is 1.30. The Morgan fingerprint density at radius 1 is 1.60 bits per heavy atom. The molecule has 1 saturated heterocycles. The minimum absolute atomic E-state index is 0.390. The first-order valence-corrected chi connectivity index (χ1v) is 5.21. The number of nitrogens with zero attached hydrogens (tertiary/aromatic N) is 1. The van der Waals surface area contributed by atoms with Gasteiger partial charge >= 0.3 is 0 Å². The molecular formula is C10H13ClN2O2. The van der Waals surface area contributed by atoms with E-state index in [4.69, 9.17) is 16.3 Å². The lowest BCUT2D eigenvalue weighted by molar-refractivity contribution is 0.0382. The first-order valence-electron chi connectivity index (χ1n) is 4.84. The van der Waals surface area contributed by atoms with Gasteiger partial charge in [0.1, 0.15) is 10.8 Å². The van der Waals surface area contributed by atoms with Crippen molar-refractivity contribution in [3.8, 4) is 0 Å². The van der Waals surface area contributed by atoms with Crippen molar-refractivity contribution < 1.29 is 9.84 Å². The van der Waals surface area contributed by atoms with Crippen LogP contribution in [0, 0.1) is 0 Å². The Labute approximate surface area is 93.2 Å². The summed E-state index contributed by atoms with van der Waals surface area (Å²) in [5.41, 5.74) is 0.0966. The Morgan fingerprint density at radius 2 is 2.47 bits per heavy atom. The number of aromatic nitrogens is 1. The second kappa shape index (κ2) is 4.35. The van der Waals surface area contributed by atoms with Crippen LogP contribution in [-0.4, -0.2) is 35.5 Å². The maximum Gasteiger partial charge on any atom is 0.129 e. The number of aliphatic hydroxyl groups is 1. The lowest BCUT2D eigenvalue weighted by Gasteiger charge is -2.21. The number of anilines is 1. The number of rotatable bonds is 3. The molecule has 0 aromatic carbocycles. The smallest absolute Gasteiger partial charge is 0.129 e. The second-order valence-electron chi connectivity index (χ2n) is 3.75. The van der Waals surface area contributed by atoms with Crippen LogP contribution in [0.4, 0.5) is 5.69 Å². The summed E-state index contributed by atoms with van der Waals surface area (Å²) in [5.74, 6) is 0. The largest absolute Gasteiger partial charge is 0.386 e. The molecule has 0 saturated carbocycles. The SMILES string of the molecule is OC1(CNc2ccc(Cl)nc2)CCOC1. The molecule has 1 aromatic rings. The molecule has 0 spiro atoms. The van der Waals surface area contributed by atoms with Crippen molar-refractivity contribution in [3.05, 3.63) is 23.5 Å². The third-order valence-electron chi connectivity index (χ3n) is 2.43. The van der Waals surface area contributed by atoms with E-state index in [-0.39, 0.29) is 0 Å². The van der Waals surface area contributed by atoms with Crippen molar-refractivity contribution in [2.75, 3.05) is 25.1 Å². The van der Waals surface area contributed by atoms with Crippen molar-refractivity contribution in [1.82, 2.24) is 4.98 Å². The summed E-state index contributed by atoms with van der Waals surface area (Å²) in [6.07, 6.45) is 2.31. The molecule has 5 heteroatoms. The fraction of sp³-hybridized carbons (Fsp3) is 0.500. The van der Waals surface area contributed by atoms with Gasteiger partial charge < -0.3 is 15.2 Å². The van der Waals surface area contributed by atoms with Gasteiger partial charge in [-0.2, -0.15) is 0 Å². The zero-order valence-corrected chi connectivity index (χ0v) is 9.00. The number of pyridine rings is 1. The fourth-order valence-corrected chi connectivity index (χ4v) is 1.59. The van der Waals surface area contributed by atoms with Crippen LogP contribution in [0.2, 0.25) is 5.15 Å². The van der Waals surface area contributed by atoms with Gasteiger partial charge in [-0.25, -0.2) is 4.98 Å². The van der Waals surface area contributed by atoms with Crippen LogP contribution in [-0.2, 0) is 4.74 Å². The van der Waals surface area contributed by atoms with Crippen molar-refractivity contribution in [3.63, 3.8) is 0 Å². The van der Waals surface area contributed by atoms with Crippen molar-refractivity contribution in [2.45, 2.75) is 12.0 Å². The third kappa shape index (κ3) is 2.81. The van der Waals surface area contributed by atoms with E-state index in [2.05, 4.69) is 10.3 Å². The highest BCUT2D eigenvalue weighted by Gasteiger charge is 2.31. The van der Waals surface area contributed by atoms with E-state index in [0.717, 1.165) is 5.69 Å². The van der Waals surface area contributed by atoms with E-state index in [9.17, 15) is 5.11 Å². The van der Waals surface area contributed by atoms with E-state index in [1.807, 2.05) is 6.07 Å². The van der Waals surface area contributed by atoms with Crippen LogP contribution in [0.5, 0.6) is 0 Å². The van der Waals surface area contributed by atoms with Crippen molar-refractivity contribution in [1.29, 1.82) is 0 Å². The Bertz CT molecular complexity index is 323. The summed E-state index contributed by atoms with van der Waals surface area (Å²) in [7, 11) is 0. The zero-order chi connectivity index (χ0) is 10.7. The highest BCUT2D eigenvalue weighted by molar-refractivity contribution is 6.29. The molecule has 0 amide bonds. The quantitative estimate of drug-likeness (QED) is 0.766. The normalized spacial score (nSPS) is 25.5. The maximum atomic E-state index is 9.97. The van der Waals surface area contributed by atoms with E-state index >= 15 is 0 Å². The number of hydrogen-bond acceptors (Lipinski definition) is 4. The van der Waals surface area contributed by atoms with Crippen LogP contribution in [0.25, 0.3) is 0 Å². The molecule has 1 unspecified atom stereocenters. The Morgan fingerprint density at radius 3 is 3.07 bits per heavy atom. The van der Waals surface area contributed by atoms with Crippen LogP contribution in [0.1, 0.15) is 6.42 Å². The van der Waals surface area contributed by atoms with Crippen LogP contribution >= 0.6 is 11.6 Å². The highest BCUT2D eigenvalue weighted by Crippen LogP contribution is 2.19. The monoisotopic (exact) mass is 228 g/mol. The first-order chi connectivity index (χ1) is 7.18. The number of ether oxygens (including phenoxy) is 1. The molecule has 1 fully saturated rings. The molecule has 1 aliphatic heterocycles. The van der Waals surface area contributed by atoms with Gasteiger partial charge in [0.15, 0.2) is 0 Å². The standard InChI is InChI=1S/C10H13ClN2O2/c11-9-2-1-8(5-12-9)13-6-10(14)3-4-15-7-10/h1-2,5,13-14H,3-4,6-7H2. The topological polar surface area (TPSA) is 54.4 Å². The summed E-state index contributed by atoms with van der Waals surface area (Å²) >= 11 is 5.66. The van der Waals surface area contributed by atoms with Gasteiger partial charge in [0.2, 0.25) is 0 Å². The average Bonchev–Trinajstić information content (AvgIpc) is 2.65. The molecular weight excluding hydrogens is 216 g/mol. The van der Waals surface area contributed by atoms with E-state index in [0.29, 0.717) is 31.3 Å². The summed E-state index contributed by atoms with van der Waals surface area (Å²) in [6.45, 7) is 1.48. The number of hydrogen-bond donors (Lipinski definition) is 2. The second-order valence-corrected chi connectivity index (χ2v) is 4.14. The molecule has 1 aliphatic rings. The van der Waals surface area contributed by atoms with Gasteiger partial charge in [-0.05, 0) is 12.1 Å². The number of halogens is 1. The summed E-state index contributed by atoms with van der Waals surface area (Å²) in [4.78, 5) is 3.94. The zero-order valence-electron chi connectivity index (χ0n) is 8.24. The van der Waals surface area contributed by atoms with Gasteiger partial charge in [-0.15, -0.1) is 0 Å². The lowest BCUT2D eigenvalue weighted by atomic mass is 10.0. The summed E-state index contributed by atoms with van der Waals surface area (Å²) in [6, 6.07) is 3.54. The van der Waals surface area contributed by atoms with Crippen LogP contribution in [0.3, 0.4) is 0 Å². The van der Waals surface area contributed by atoms with Gasteiger partial charge in [-0.3, -0.25) is 0 Å². The van der Waals surface area contributed by atoms with E-state index in [1.54, 1.807) is 12.3 Å². The fourth-order valence-electron chi connectivity index (χ4n) is 1.48. The Hall–Kier alpha value is -0.840. The summed E-state index contributed by atoms with van der Waals surface area (Å²) in [5, 5.41) is 13.5. The molecule has 0 bridgehead atoms. The number of nitrogens with one attached hydrogen (secondary N) is 1. The minimum Gasteiger partial charge on any atom is -0.386 e.